The van der Waals surface area contributed by atoms with E-state index in [0.29, 0.717) is 0 Å². The molecule has 0 amide bonds. The third-order valence-electron chi connectivity index (χ3n) is 16.9. The van der Waals surface area contributed by atoms with Crippen LogP contribution in [0.15, 0.2) is 219 Å². The van der Waals surface area contributed by atoms with Crippen LogP contribution in [0, 0.1) is 0 Å². The van der Waals surface area contributed by atoms with Crippen LogP contribution in [0.3, 0.4) is 0 Å². The number of hydrogen-bond acceptors (Lipinski definition) is 6. The van der Waals surface area contributed by atoms with Gasteiger partial charge in [0.05, 0.1) is 34.2 Å². The maximum Gasteiger partial charge on any atom is 0.134 e. The van der Waals surface area contributed by atoms with Crippen LogP contribution < -0.4 is 0 Å². The highest BCUT2D eigenvalue weighted by molar-refractivity contribution is 5.59. The van der Waals surface area contributed by atoms with Gasteiger partial charge in [-0.1, -0.05) is 36.4 Å². The van der Waals surface area contributed by atoms with E-state index >= 15 is 0 Å². The molecule has 1 aliphatic rings. The average molecular weight is 1020 g/mol. The van der Waals surface area contributed by atoms with Crippen LogP contribution in [0.1, 0.15) is 144 Å². The summed E-state index contributed by atoms with van der Waals surface area (Å²) >= 11 is 0. The second-order valence-electron chi connectivity index (χ2n) is 22.1. The number of aromatic amines is 6. The Morgan fingerprint density at radius 2 is 0.359 bits per heavy atom. The third-order valence-corrected chi connectivity index (χ3v) is 16.9. The van der Waals surface area contributed by atoms with Crippen molar-refractivity contribution >= 4 is 0 Å². The molecule has 12 nitrogen and oxygen atoms in total. The molecule has 6 N–H and O–H groups in total. The molecule has 13 heterocycles. The van der Waals surface area contributed by atoms with Gasteiger partial charge in [-0.25, -0.2) is 0 Å². The first-order chi connectivity index (χ1) is 37.9. The molecule has 0 fully saturated rings. The molecule has 12 aromatic rings. The molecule has 12 bridgehead atoms. The van der Waals surface area contributed by atoms with Gasteiger partial charge in [-0.15, -0.1) is 0 Å². The molecule has 13 rings (SSSR count). The van der Waals surface area contributed by atoms with E-state index in [0.717, 1.165) is 102 Å². The number of fused-ring (bicyclic) bond motifs is 12. The minimum Gasteiger partial charge on any atom is -0.360 e. The van der Waals surface area contributed by atoms with E-state index in [-0.39, 0.29) is 0 Å². The fourth-order valence-corrected chi connectivity index (χ4v) is 12.3. The summed E-state index contributed by atoms with van der Waals surface area (Å²) in [5.41, 5.74) is 11.6. The first-order valence-electron chi connectivity index (χ1n) is 26.6. The van der Waals surface area contributed by atoms with Crippen LogP contribution in [-0.4, -0.2) is 59.8 Å². The second kappa shape index (κ2) is 18.1. The lowest BCUT2D eigenvalue weighted by Crippen LogP contribution is -2.35. The summed E-state index contributed by atoms with van der Waals surface area (Å²) in [6.07, 6.45) is 11.2. The number of pyridine rings is 6. The van der Waals surface area contributed by atoms with Crippen LogP contribution in [0.2, 0.25) is 0 Å². The molecule has 12 aromatic heterocycles. The maximum atomic E-state index is 5.16. The Labute approximate surface area is 453 Å². The number of H-pyrrole nitrogens is 6. The van der Waals surface area contributed by atoms with Crippen LogP contribution in [0.4, 0.5) is 0 Å². The van der Waals surface area contributed by atoms with Crippen molar-refractivity contribution in [3.05, 3.63) is 322 Å². The van der Waals surface area contributed by atoms with E-state index in [1.807, 2.05) is 110 Å². The van der Waals surface area contributed by atoms with Gasteiger partial charge in [0.2, 0.25) is 0 Å². The maximum absolute atomic E-state index is 5.16. The largest absolute Gasteiger partial charge is 0.360 e. The van der Waals surface area contributed by atoms with Gasteiger partial charge >= 0.3 is 0 Å². The molecular formula is C66H60N12. The van der Waals surface area contributed by atoms with Gasteiger partial charge in [0.15, 0.2) is 0 Å². The zero-order valence-electron chi connectivity index (χ0n) is 44.5. The van der Waals surface area contributed by atoms with Crippen molar-refractivity contribution in [1.29, 1.82) is 0 Å². The molecule has 0 aromatic carbocycles. The molecule has 1 aliphatic heterocycles. The Morgan fingerprint density at radius 3 is 0.500 bits per heavy atom. The third kappa shape index (κ3) is 7.12. The van der Waals surface area contributed by atoms with Crippen LogP contribution in [-0.2, 0) is 32.5 Å². The normalized spacial score (nSPS) is 16.7. The zero-order valence-corrected chi connectivity index (χ0v) is 44.5. The molecule has 0 aliphatic carbocycles. The fraction of sp³-hybridized carbons (Fsp3) is 0.182. The summed E-state index contributed by atoms with van der Waals surface area (Å²) in [6.45, 7) is 13.5. The molecular weight excluding hydrogens is 961 g/mol. The van der Waals surface area contributed by atoms with Gasteiger partial charge in [0, 0.05) is 122 Å². The predicted octanol–water partition coefficient (Wildman–Crippen LogP) is 12.5. The Bertz CT molecular complexity index is 3330. The van der Waals surface area contributed by atoms with Crippen molar-refractivity contribution in [2.45, 2.75) is 74.0 Å². The van der Waals surface area contributed by atoms with E-state index in [1.54, 1.807) is 0 Å². The summed E-state index contributed by atoms with van der Waals surface area (Å²) < 4.78 is 0. The average Bonchev–Trinajstić information content (AvgIpc) is 4.49. The van der Waals surface area contributed by atoms with Crippen molar-refractivity contribution in [1.82, 2.24) is 59.8 Å². The molecule has 0 unspecified atom stereocenters. The Kier molecular flexibility index (Phi) is 11.2. The lowest BCUT2D eigenvalue weighted by Gasteiger charge is -2.34. The monoisotopic (exact) mass is 1020 g/mol. The molecule has 0 spiro atoms. The van der Waals surface area contributed by atoms with Crippen molar-refractivity contribution < 1.29 is 0 Å². The predicted molar refractivity (Wildman–Crippen MR) is 304 cm³/mol. The lowest BCUT2D eigenvalue weighted by atomic mass is 9.74. The zero-order chi connectivity index (χ0) is 53.3. The summed E-state index contributed by atoms with van der Waals surface area (Å²) in [7, 11) is 0. The number of aromatic nitrogens is 12. The van der Waals surface area contributed by atoms with Crippen LogP contribution in [0.25, 0.3) is 0 Å². The van der Waals surface area contributed by atoms with Gasteiger partial charge < -0.3 is 29.9 Å². The Balaban J connectivity index is 1.11. The summed E-state index contributed by atoms with van der Waals surface area (Å²) in [5.74, 6) is 0. The lowest BCUT2D eigenvalue weighted by molar-refractivity contribution is 0.565. The quantitative estimate of drug-likeness (QED) is 0.0968. The van der Waals surface area contributed by atoms with Crippen molar-refractivity contribution in [2.24, 2.45) is 0 Å². The fourth-order valence-electron chi connectivity index (χ4n) is 12.3. The summed E-state index contributed by atoms with van der Waals surface area (Å²) in [4.78, 5) is 55.1. The van der Waals surface area contributed by atoms with E-state index in [2.05, 4.69) is 181 Å². The SMILES string of the molecule is CC1(C)c2ccc([nH]2)C(c2ccccn2)(c2ccccn2)c2ccc([nH]2)C(C)(C)c2ccc([nH]2)C(c2ccccn2)(c2ccccn2)c2ccc([nH]2)C(C)(C)c2ccc([nH]2)C(c2ccccn2)(c2ccccn2)c2ccc1[nH]2. The van der Waals surface area contributed by atoms with Crippen LogP contribution >= 0.6 is 0 Å². The Morgan fingerprint density at radius 1 is 0.205 bits per heavy atom. The topological polar surface area (TPSA) is 172 Å². The van der Waals surface area contributed by atoms with E-state index < -0.39 is 32.5 Å². The van der Waals surface area contributed by atoms with Crippen molar-refractivity contribution in [3.8, 4) is 0 Å². The van der Waals surface area contributed by atoms with Crippen molar-refractivity contribution in [3.63, 3.8) is 0 Å². The number of nitrogens with one attached hydrogen (secondary N) is 6. The van der Waals surface area contributed by atoms with Gasteiger partial charge in [-0.05, 0) is 187 Å². The number of rotatable bonds is 6. The Hall–Kier alpha value is -9.42. The standard InChI is InChI=1S/C66H60N12/c1-61(2)43-25-31-55(73-43)64(49-19-7-13-37-67-49,50-20-8-14-38-68-50)57-33-27-45(75-57)62(3,4)47-29-35-59(77-47)66(53-23-11-17-41-71-53,54-24-12-18-42-72-54)60-36-30-48(78-60)63(5,6)46-28-34-58(76-46)65(51-21-9-15-39-69-51,52-22-10-16-40-70-52)56-32-26-44(61)74-56/h7-42,73-78H,1-6H3. The minimum absolute atomic E-state index is 0.577. The second-order valence-corrected chi connectivity index (χ2v) is 22.1. The molecule has 78 heavy (non-hydrogen) atoms. The van der Waals surface area contributed by atoms with E-state index in [4.69, 9.17) is 29.9 Å². The summed E-state index contributed by atoms with van der Waals surface area (Å²) in [6, 6.07) is 63.1. The van der Waals surface area contributed by atoms with Gasteiger partial charge in [-0.3, -0.25) is 29.9 Å². The molecule has 384 valence electrons. The highest BCUT2D eigenvalue weighted by Gasteiger charge is 2.49. The van der Waals surface area contributed by atoms with Crippen LogP contribution in [0.5, 0.6) is 0 Å². The molecule has 0 radical (unpaired) electrons. The number of nitrogens with zero attached hydrogens (tertiary/aromatic N) is 6. The molecule has 0 saturated carbocycles. The first-order valence-corrected chi connectivity index (χ1v) is 26.6. The van der Waals surface area contributed by atoms with E-state index in [1.165, 1.54) is 0 Å². The molecule has 12 heteroatoms. The van der Waals surface area contributed by atoms with Gasteiger partial charge in [0.25, 0.3) is 0 Å². The van der Waals surface area contributed by atoms with Gasteiger partial charge in [-0.2, -0.15) is 0 Å². The smallest absolute Gasteiger partial charge is 0.134 e. The highest BCUT2D eigenvalue weighted by Crippen LogP contribution is 2.50. The van der Waals surface area contributed by atoms with Crippen molar-refractivity contribution in [2.75, 3.05) is 0 Å². The van der Waals surface area contributed by atoms with E-state index in [9.17, 15) is 0 Å². The molecule has 0 saturated heterocycles. The summed E-state index contributed by atoms with van der Waals surface area (Å²) in [5, 5.41) is 0. The first kappa shape index (κ1) is 48.2. The molecule has 0 atom stereocenters. The minimum atomic E-state index is -1.01. The van der Waals surface area contributed by atoms with Gasteiger partial charge in [0.1, 0.15) is 16.2 Å². The highest BCUT2D eigenvalue weighted by atomic mass is 15.0. The number of hydrogen-bond donors (Lipinski definition) is 6.